The number of piperidine rings is 1. The fraction of sp³-hybridized carbons (Fsp3) is 0.615. The average molecular weight is 236 g/mol. The van der Waals surface area contributed by atoms with Crippen LogP contribution < -0.4 is 10.6 Å². The molecule has 0 saturated carbocycles. The molecule has 0 radical (unpaired) electrons. The molecule has 1 atom stereocenters. The van der Waals surface area contributed by atoms with Crippen LogP contribution in [0.1, 0.15) is 36.6 Å². The molecule has 1 saturated heterocycles. The van der Waals surface area contributed by atoms with E-state index in [2.05, 4.69) is 24.5 Å². The number of aryl methyl sites for hydroxylation is 1. The molecule has 17 heavy (non-hydrogen) atoms. The molecule has 2 N–H and O–H groups in total. The summed E-state index contributed by atoms with van der Waals surface area (Å²) in [6, 6.07) is 3.72. The first-order chi connectivity index (χ1) is 7.99. The third-order valence-corrected chi connectivity index (χ3v) is 3.40. The lowest BCUT2D eigenvalue weighted by atomic mass is 9.80. The van der Waals surface area contributed by atoms with E-state index in [0.717, 1.165) is 25.3 Å². The van der Waals surface area contributed by atoms with Gasteiger partial charge in [0, 0.05) is 12.6 Å². The van der Waals surface area contributed by atoms with Crippen molar-refractivity contribution in [2.45, 2.75) is 33.2 Å². The molecule has 2 rings (SSSR count). The molecule has 0 bridgehead atoms. The second-order valence-corrected chi connectivity index (χ2v) is 5.39. The Labute approximate surface area is 102 Å². The highest BCUT2D eigenvalue weighted by molar-refractivity contribution is 5.91. The lowest BCUT2D eigenvalue weighted by molar-refractivity contribution is 0.0839. The Kier molecular flexibility index (Phi) is 3.24. The number of hydrogen-bond acceptors (Lipinski definition) is 3. The van der Waals surface area contributed by atoms with Crippen LogP contribution in [0.25, 0.3) is 0 Å². The zero-order chi connectivity index (χ0) is 12.5. The van der Waals surface area contributed by atoms with Gasteiger partial charge in [0.2, 0.25) is 0 Å². The number of furan rings is 1. The molecule has 1 unspecified atom stereocenters. The molecule has 1 amide bonds. The molecule has 0 aliphatic carbocycles. The largest absolute Gasteiger partial charge is 0.456 e. The highest BCUT2D eigenvalue weighted by Crippen LogP contribution is 2.25. The van der Waals surface area contributed by atoms with Gasteiger partial charge in [-0.15, -0.1) is 0 Å². The van der Waals surface area contributed by atoms with Crippen molar-refractivity contribution in [1.29, 1.82) is 0 Å². The molecule has 2 heterocycles. The van der Waals surface area contributed by atoms with Gasteiger partial charge < -0.3 is 15.1 Å². The number of amides is 1. The molecule has 0 aromatic carbocycles. The van der Waals surface area contributed by atoms with Crippen LogP contribution in [0.5, 0.6) is 0 Å². The van der Waals surface area contributed by atoms with Gasteiger partial charge in [-0.05, 0) is 37.4 Å². The molecule has 1 aliphatic rings. The third-order valence-electron chi connectivity index (χ3n) is 3.40. The van der Waals surface area contributed by atoms with Gasteiger partial charge >= 0.3 is 0 Å². The van der Waals surface area contributed by atoms with E-state index in [9.17, 15) is 4.79 Å². The van der Waals surface area contributed by atoms with Gasteiger partial charge in [0.25, 0.3) is 5.91 Å². The van der Waals surface area contributed by atoms with Crippen LogP contribution in [0.3, 0.4) is 0 Å². The first-order valence-electron chi connectivity index (χ1n) is 6.07. The first-order valence-corrected chi connectivity index (χ1v) is 6.07. The van der Waals surface area contributed by atoms with Crippen LogP contribution in [0.4, 0.5) is 0 Å². The molecular formula is C13H20N2O2. The van der Waals surface area contributed by atoms with Crippen molar-refractivity contribution in [3.63, 3.8) is 0 Å². The number of nitrogens with one attached hydrogen (secondary N) is 2. The summed E-state index contributed by atoms with van der Waals surface area (Å²) < 4.78 is 5.33. The molecule has 1 aromatic rings. The lowest BCUT2D eigenvalue weighted by Gasteiger charge is -2.39. The predicted octanol–water partition coefficient (Wildman–Crippen LogP) is 1.71. The number of hydrogen-bond donors (Lipinski definition) is 2. The van der Waals surface area contributed by atoms with Gasteiger partial charge in [0.1, 0.15) is 5.76 Å². The molecule has 4 heteroatoms. The molecular weight excluding hydrogens is 216 g/mol. The normalized spacial score (nSPS) is 23.4. The quantitative estimate of drug-likeness (QED) is 0.822. The maximum atomic E-state index is 12.0. The second-order valence-electron chi connectivity index (χ2n) is 5.39. The van der Waals surface area contributed by atoms with E-state index in [0.29, 0.717) is 5.76 Å². The van der Waals surface area contributed by atoms with E-state index >= 15 is 0 Å². The Morgan fingerprint density at radius 2 is 2.29 bits per heavy atom. The first kappa shape index (κ1) is 12.2. The van der Waals surface area contributed by atoms with E-state index in [1.54, 1.807) is 6.07 Å². The fourth-order valence-electron chi connectivity index (χ4n) is 2.22. The summed E-state index contributed by atoms with van der Waals surface area (Å²) in [6.07, 6.45) is 0.957. The van der Waals surface area contributed by atoms with Gasteiger partial charge in [-0.1, -0.05) is 13.8 Å². The van der Waals surface area contributed by atoms with E-state index in [1.165, 1.54) is 0 Å². The maximum absolute atomic E-state index is 12.0. The minimum absolute atomic E-state index is 0.0789. The highest BCUT2D eigenvalue weighted by Gasteiger charge is 2.33. The van der Waals surface area contributed by atoms with Crippen LogP contribution in [0.15, 0.2) is 16.5 Å². The van der Waals surface area contributed by atoms with E-state index < -0.39 is 0 Å². The van der Waals surface area contributed by atoms with E-state index in [1.807, 2.05) is 13.0 Å². The molecule has 0 spiro atoms. The van der Waals surface area contributed by atoms with Crippen molar-refractivity contribution in [1.82, 2.24) is 10.6 Å². The van der Waals surface area contributed by atoms with Crippen LogP contribution >= 0.6 is 0 Å². The Bertz CT molecular complexity index is 409. The summed E-state index contributed by atoms with van der Waals surface area (Å²) in [6.45, 7) is 8.04. The molecule has 1 aliphatic heterocycles. The van der Waals surface area contributed by atoms with E-state index in [4.69, 9.17) is 4.42 Å². The van der Waals surface area contributed by atoms with Gasteiger partial charge in [0.15, 0.2) is 5.76 Å². The van der Waals surface area contributed by atoms with Crippen LogP contribution in [0, 0.1) is 12.3 Å². The van der Waals surface area contributed by atoms with Crippen molar-refractivity contribution in [2.75, 3.05) is 13.1 Å². The predicted molar refractivity (Wildman–Crippen MR) is 66.0 cm³/mol. The number of rotatable bonds is 2. The fourth-order valence-corrected chi connectivity index (χ4v) is 2.22. The zero-order valence-electron chi connectivity index (χ0n) is 10.7. The van der Waals surface area contributed by atoms with Crippen LogP contribution in [0.2, 0.25) is 0 Å². The van der Waals surface area contributed by atoms with Gasteiger partial charge in [-0.3, -0.25) is 4.79 Å². The van der Waals surface area contributed by atoms with Crippen LogP contribution in [-0.4, -0.2) is 25.0 Å². The van der Waals surface area contributed by atoms with Gasteiger partial charge in [-0.2, -0.15) is 0 Å². The van der Waals surface area contributed by atoms with Crippen molar-refractivity contribution in [3.8, 4) is 0 Å². The molecule has 94 valence electrons. The Morgan fingerprint density at radius 3 is 2.88 bits per heavy atom. The topological polar surface area (TPSA) is 54.3 Å². The zero-order valence-corrected chi connectivity index (χ0v) is 10.7. The summed E-state index contributed by atoms with van der Waals surface area (Å²) in [4.78, 5) is 12.0. The Balaban J connectivity index is 2.03. The van der Waals surface area contributed by atoms with Crippen molar-refractivity contribution in [2.24, 2.45) is 5.41 Å². The number of carbonyl (C=O) groups is 1. The SMILES string of the molecule is Cc1ccc(C(=O)NC2CCNCC2(C)C)o1. The summed E-state index contributed by atoms with van der Waals surface area (Å²) in [7, 11) is 0. The Hall–Kier alpha value is -1.29. The Morgan fingerprint density at radius 1 is 1.53 bits per heavy atom. The number of carbonyl (C=O) groups excluding carboxylic acids is 1. The molecule has 4 nitrogen and oxygen atoms in total. The average Bonchev–Trinajstić information content (AvgIpc) is 2.68. The molecule has 1 aromatic heterocycles. The lowest BCUT2D eigenvalue weighted by Crippen LogP contribution is -2.54. The second kappa shape index (κ2) is 4.53. The minimum Gasteiger partial charge on any atom is -0.456 e. The summed E-state index contributed by atoms with van der Waals surface area (Å²) in [5.41, 5.74) is 0.0789. The summed E-state index contributed by atoms with van der Waals surface area (Å²) >= 11 is 0. The van der Waals surface area contributed by atoms with Crippen molar-refractivity contribution >= 4 is 5.91 Å². The maximum Gasteiger partial charge on any atom is 0.287 e. The van der Waals surface area contributed by atoms with Crippen molar-refractivity contribution < 1.29 is 9.21 Å². The van der Waals surface area contributed by atoms with E-state index in [-0.39, 0.29) is 17.4 Å². The van der Waals surface area contributed by atoms with Crippen molar-refractivity contribution in [3.05, 3.63) is 23.7 Å². The van der Waals surface area contributed by atoms with Crippen LogP contribution in [-0.2, 0) is 0 Å². The minimum atomic E-state index is -0.113. The van der Waals surface area contributed by atoms with Gasteiger partial charge in [0.05, 0.1) is 0 Å². The highest BCUT2D eigenvalue weighted by atomic mass is 16.3. The van der Waals surface area contributed by atoms with Gasteiger partial charge in [-0.25, -0.2) is 0 Å². The molecule has 1 fully saturated rings. The summed E-state index contributed by atoms with van der Waals surface area (Å²) in [5.74, 6) is 1.05. The monoisotopic (exact) mass is 236 g/mol. The summed E-state index contributed by atoms with van der Waals surface area (Å²) in [5, 5.41) is 6.41. The third kappa shape index (κ3) is 2.69. The smallest absolute Gasteiger partial charge is 0.287 e. The standard InChI is InChI=1S/C13H20N2O2/c1-9-4-5-10(17-9)12(16)15-11-6-7-14-8-13(11,2)3/h4-5,11,14H,6-8H2,1-3H3,(H,15,16).